The Balaban J connectivity index is 1.64. The van der Waals surface area contributed by atoms with Crippen LogP contribution in [0.25, 0.3) is 0 Å². The van der Waals surface area contributed by atoms with Gasteiger partial charge in [0.1, 0.15) is 5.92 Å². The lowest BCUT2D eigenvalue weighted by molar-refractivity contribution is -0.172. The van der Waals surface area contributed by atoms with Gasteiger partial charge in [0, 0.05) is 26.2 Å². The van der Waals surface area contributed by atoms with Crippen LogP contribution in [0, 0.1) is 34.5 Å². The number of carbonyl (C=O) groups excluding carboxylic acids is 2. The molecule has 0 aromatic rings. The van der Waals surface area contributed by atoms with Gasteiger partial charge in [-0.1, -0.05) is 20.3 Å². The number of piperidine rings is 1. The van der Waals surface area contributed by atoms with E-state index in [1.165, 1.54) is 38.5 Å². The SMILES string of the molecule is CCN(CC)C(=O)C1C[C@]2(C)[C@H]3CC[C@]4(C)CCC[C@H]4[C@@H]3CC[C@H]2N(C)C1=O. The topological polar surface area (TPSA) is 40.6 Å². The lowest BCUT2D eigenvalue weighted by atomic mass is 9.47. The maximum atomic E-state index is 13.2. The van der Waals surface area contributed by atoms with Crippen molar-refractivity contribution in [2.24, 2.45) is 34.5 Å². The van der Waals surface area contributed by atoms with E-state index in [1.54, 1.807) is 0 Å². The number of hydrogen-bond donors (Lipinski definition) is 0. The first-order valence-corrected chi connectivity index (χ1v) is 11.8. The molecule has 28 heavy (non-hydrogen) atoms. The monoisotopic (exact) mass is 388 g/mol. The van der Waals surface area contributed by atoms with E-state index >= 15 is 0 Å². The molecule has 158 valence electrons. The third-order valence-electron chi connectivity index (χ3n) is 9.73. The summed E-state index contributed by atoms with van der Waals surface area (Å²) in [5, 5.41) is 0. The Bertz CT molecular complexity index is 645. The number of amides is 2. The van der Waals surface area contributed by atoms with Crippen molar-refractivity contribution in [2.45, 2.75) is 85.1 Å². The number of fused-ring (bicyclic) bond motifs is 5. The van der Waals surface area contributed by atoms with Crippen LogP contribution in [0.3, 0.4) is 0 Å². The van der Waals surface area contributed by atoms with Gasteiger partial charge in [-0.05, 0) is 87.4 Å². The summed E-state index contributed by atoms with van der Waals surface area (Å²) in [7, 11) is 1.97. The molecule has 7 atom stereocenters. The maximum absolute atomic E-state index is 13.2. The molecule has 4 heteroatoms. The van der Waals surface area contributed by atoms with Gasteiger partial charge in [-0.15, -0.1) is 0 Å². The number of nitrogens with zero attached hydrogens (tertiary/aromatic N) is 2. The Morgan fingerprint density at radius 3 is 2.46 bits per heavy atom. The van der Waals surface area contributed by atoms with Crippen LogP contribution in [0.15, 0.2) is 0 Å². The molecule has 1 saturated heterocycles. The Morgan fingerprint density at radius 2 is 1.79 bits per heavy atom. The van der Waals surface area contributed by atoms with Crippen molar-refractivity contribution in [3.63, 3.8) is 0 Å². The molecule has 0 spiro atoms. The average molecular weight is 389 g/mol. The summed E-state index contributed by atoms with van der Waals surface area (Å²) in [6, 6.07) is 0.313. The minimum Gasteiger partial charge on any atom is -0.343 e. The van der Waals surface area contributed by atoms with Gasteiger partial charge in [-0.25, -0.2) is 0 Å². The van der Waals surface area contributed by atoms with Crippen LogP contribution in [-0.2, 0) is 9.59 Å². The second-order valence-corrected chi connectivity index (χ2v) is 10.8. The average Bonchev–Trinajstić information content (AvgIpc) is 3.07. The van der Waals surface area contributed by atoms with Crippen LogP contribution in [0.5, 0.6) is 0 Å². The Kier molecular flexibility index (Phi) is 5.07. The second kappa shape index (κ2) is 7.02. The molecule has 4 nitrogen and oxygen atoms in total. The van der Waals surface area contributed by atoms with E-state index in [2.05, 4.69) is 13.8 Å². The molecule has 2 amide bonds. The lowest BCUT2D eigenvalue weighted by Gasteiger charge is -2.62. The van der Waals surface area contributed by atoms with Gasteiger partial charge in [-0.3, -0.25) is 9.59 Å². The van der Waals surface area contributed by atoms with Crippen molar-refractivity contribution < 1.29 is 9.59 Å². The summed E-state index contributed by atoms with van der Waals surface area (Å²) < 4.78 is 0. The molecular formula is C24H40N2O2. The van der Waals surface area contributed by atoms with Crippen molar-refractivity contribution in [3.8, 4) is 0 Å². The van der Waals surface area contributed by atoms with Crippen LogP contribution in [0.2, 0.25) is 0 Å². The fourth-order valence-electron chi connectivity index (χ4n) is 8.23. The van der Waals surface area contributed by atoms with E-state index < -0.39 is 5.92 Å². The fourth-order valence-corrected chi connectivity index (χ4v) is 8.23. The first kappa shape index (κ1) is 20.2. The first-order valence-electron chi connectivity index (χ1n) is 11.8. The number of likely N-dealkylation sites (tertiary alicyclic amines) is 1. The molecule has 3 aliphatic carbocycles. The number of carbonyl (C=O) groups is 2. The third kappa shape index (κ3) is 2.76. The van der Waals surface area contributed by atoms with Crippen molar-refractivity contribution in [3.05, 3.63) is 0 Å². The van der Waals surface area contributed by atoms with Crippen molar-refractivity contribution in [2.75, 3.05) is 20.1 Å². The predicted molar refractivity (Wildman–Crippen MR) is 112 cm³/mol. The number of rotatable bonds is 3. The molecule has 1 aliphatic heterocycles. The third-order valence-corrected chi connectivity index (χ3v) is 9.73. The van der Waals surface area contributed by atoms with Crippen LogP contribution in [0.1, 0.15) is 79.1 Å². The summed E-state index contributed by atoms with van der Waals surface area (Å²) in [5.41, 5.74) is 0.639. The largest absolute Gasteiger partial charge is 0.343 e. The van der Waals surface area contributed by atoms with Crippen LogP contribution in [0.4, 0.5) is 0 Å². The van der Waals surface area contributed by atoms with Gasteiger partial charge in [0.2, 0.25) is 11.8 Å². The summed E-state index contributed by atoms with van der Waals surface area (Å²) in [6.45, 7) is 10.4. The molecule has 1 unspecified atom stereocenters. The van der Waals surface area contributed by atoms with E-state index in [9.17, 15) is 9.59 Å². The van der Waals surface area contributed by atoms with Gasteiger partial charge in [0.25, 0.3) is 0 Å². The van der Waals surface area contributed by atoms with Crippen LogP contribution >= 0.6 is 0 Å². The number of hydrogen-bond acceptors (Lipinski definition) is 2. The molecule has 0 aromatic carbocycles. The van der Waals surface area contributed by atoms with Crippen molar-refractivity contribution >= 4 is 11.8 Å². The van der Waals surface area contributed by atoms with E-state index in [4.69, 9.17) is 0 Å². The zero-order valence-corrected chi connectivity index (χ0v) is 18.7. The molecule has 0 aromatic heterocycles. The molecule has 0 bridgehead atoms. The van der Waals surface area contributed by atoms with Gasteiger partial charge < -0.3 is 9.80 Å². The minimum absolute atomic E-state index is 0.0603. The summed E-state index contributed by atoms with van der Waals surface area (Å²) in [4.78, 5) is 30.2. The molecule has 1 heterocycles. The van der Waals surface area contributed by atoms with Crippen LogP contribution < -0.4 is 0 Å². The summed E-state index contributed by atoms with van der Waals surface area (Å²) in [6.07, 6.45) is 9.99. The highest BCUT2D eigenvalue weighted by Gasteiger charge is 2.61. The maximum Gasteiger partial charge on any atom is 0.235 e. The molecule has 4 aliphatic rings. The first-order chi connectivity index (χ1) is 13.3. The van der Waals surface area contributed by atoms with E-state index in [0.717, 1.165) is 24.7 Å². The zero-order chi connectivity index (χ0) is 20.3. The van der Waals surface area contributed by atoms with E-state index in [1.807, 2.05) is 30.7 Å². The smallest absolute Gasteiger partial charge is 0.235 e. The standard InChI is InChI=1S/C24H40N2O2/c1-6-26(7-2)22(28)17-15-24(4)19-12-14-23(3)13-8-9-18(23)16(19)10-11-20(24)25(5)21(17)27/h16-20H,6-15H2,1-5H3/t16-,17?,18-,19-,20+,23-,24+/m0/s1. The Morgan fingerprint density at radius 1 is 1.07 bits per heavy atom. The second-order valence-electron chi connectivity index (χ2n) is 10.8. The highest BCUT2D eigenvalue weighted by Crippen LogP contribution is 2.65. The van der Waals surface area contributed by atoms with E-state index in [0.29, 0.717) is 30.5 Å². The summed E-state index contributed by atoms with van der Waals surface area (Å²) >= 11 is 0. The highest BCUT2D eigenvalue weighted by atomic mass is 16.2. The lowest BCUT2D eigenvalue weighted by Crippen LogP contribution is -2.64. The van der Waals surface area contributed by atoms with Gasteiger partial charge in [0.15, 0.2) is 0 Å². The predicted octanol–water partition coefficient (Wildman–Crippen LogP) is 4.33. The molecular weight excluding hydrogens is 348 g/mol. The summed E-state index contributed by atoms with van der Waals surface area (Å²) in [5.74, 6) is 1.99. The zero-order valence-electron chi connectivity index (χ0n) is 18.7. The van der Waals surface area contributed by atoms with E-state index in [-0.39, 0.29) is 17.2 Å². The normalized spacial score (nSPS) is 45.2. The molecule has 4 fully saturated rings. The molecule has 4 rings (SSSR count). The van der Waals surface area contributed by atoms with Crippen molar-refractivity contribution in [1.29, 1.82) is 0 Å². The Hall–Kier alpha value is -1.06. The fraction of sp³-hybridized carbons (Fsp3) is 0.917. The van der Waals surface area contributed by atoms with Gasteiger partial charge in [0.05, 0.1) is 0 Å². The van der Waals surface area contributed by atoms with Crippen LogP contribution in [-0.4, -0.2) is 47.8 Å². The minimum atomic E-state index is -0.471. The highest BCUT2D eigenvalue weighted by molar-refractivity contribution is 6.01. The molecule has 0 radical (unpaired) electrons. The van der Waals surface area contributed by atoms with Gasteiger partial charge in [-0.2, -0.15) is 0 Å². The quantitative estimate of drug-likeness (QED) is 0.675. The van der Waals surface area contributed by atoms with Gasteiger partial charge >= 0.3 is 0 Å². The van der Waals surface area contributed by atoms with Crippen molar-refractivity contribution in [1.82, 2.24) is 9.80 Å². The molecule has 0 N–H and O–H groups in total. The Labute approximate surface area is 171 Å². The molecule has 3 saturated carbocycles.